The third kappa shape index (κ3) is 2.97. The van der Waals surface area contributed by atoms with E-state index in [9.17, 15) is 19.5 Å². The summed E-state index contributed by atoms with van der Waals surface area (Å²) >= 11 is 0. The number of aryl methyl sites for hydroxylation is 1. The standard InChI is InChI=1S/C18H24N4O4/c1-11-8-13(20-19-11)16(24)21-6-4-18(5-7-21)9-14(17(25)26)22(10-18)15(23)12-2-3-12/h8,12,14H,2-7,9-10H2,1H3,(H,19,20)(H,25,26). The second-order valence-corrected chi connectivity index (χ2v) is 8.03. The fourth-order valence-electron chi connectivity index (χ4n) is 4.31. The van der Waals surface area contributed by atoms with E-state index in [-0.39, 0.29) is 23.1 Å². The normalized spacial score (nSPS) is 24.9. The summed E-state index contributed by atoms with van der Waals surface area (Å²) in [6.07, 6.45) is 3.69. The molecule has 8 heteroatoms. The van der Waals surface area contributed by atoms with Crippen LogP contribution in [0.2, 0.25) is 0 Å². The first kappa shape index (κ1) is 17.1. The van der Waals surface area contributed by atoms with Crippen molar-refractivity contribution in [2.45, 2.75) is 45.1 Å². The Balaban J connectivity index is 1.43. The van der Waals surface area contributed by atoms with Crippen molar-refractivity contribution in [3.05, 3.63) is 17.5 Å². The summed E-state index contributed by atoms with van der Waals surface area (Å²) in [6.45, 7) is 3.50. The van der Waals surface area contributed by atoms with Crippen molar-refractivity contribution in [1.82, 2.24) is 20.0 Å². The van der Waals surface area contributed by atoms with Gasteiger partial charge in [-0.05, 0) is 50.5 Å². The number of amides is 2. The van der Waals surface area contributed by atoms with Crippen molar-refractivity contribution in [2.24, 2.45) is 11.3 Å². The Kier molecular flexibility index (Phi) is 4.00. The molecule has 0 aromatic carbocycles. The maximum Gasteiger partial charge on any atom is 0.326 e. The minimum Gasteiger partial charge on any atom is -0.480 e. The van der Waals surface area contributed by atoms with E-state index in [1.165, 1.54) is 0 Å². The van der Waals surface area contributed by atoms with Gasteiger partial charge in [0, 0.05) is 31.2 Å². The van der Waals surface area contributed by atoms with Gasteiger partial charge in [-0.1, -0.05) is 0 Å². The number of nitrogens with one attached hydrogen (secondary N) is 1. The highest BCUT2D eigenvalue weighted by Gasteiger charge is 2.52. The Bertz CT molecular complexity index is 746. The van der Waals surface area contributed by atoms with Crippen molar-refractivity contribution in [3.8, 4) is 0 Å². The van der Waals surface area contributed by atoms with Gasteiger partial charge in [0.25, 0.3) is 5.91 Å². The topological polar surface area (TPSA) is 107 Å². The van der Waals surface area contributed by atoms with Crippen LogP contribution in [0.4, 0.5) is 0 Å². The molecule has 3 fully saturated rings. The third-order valence-electron chi connectivity index (χ3n) is 6.04. The summed E-state index contributed by atoms with van der Waals surface area (Å²) in [6, 6.07) is 1.01. The Labute approximate surface area is 151 Å². The van der Waals surface area contributed by atoms with Crippen LogP contribution in [0.25, 0.3) is 0 Å². The van der Waals surface area contributed by atoms with Gasteiger partial charge < -0.3 is 14.9 Å². The molecule has 1 unspecified atom stereocenters. The number of likely N-dealkylation sites (tertiary alicyclic amines) is 2. The minimum atomic E-state index is -0.915. The van der Waals surface area contributed by atoms with Crippen LogP contribution < -0.4 is 0 Å². The largest absolute Gasteiger partial charge is 0.480 e. The zero-order chi connectivity index (χ0) is 18.5. The average molecular weight is 360 g/mol. The number of carbonyl (C=O) groups excluding carboxylic acids is 2. The molecule has 2 N–H and O–H groups in total. The lowest BCUT2D eigenvalue weighted by atomic mass is 9.76. The number of carboxylic acids is 1. The number of rotatable bonds is 3. The summed E-state index contributed by atoms with van der Waals surface area (Å²) in [5.41, 5.74) is 1.07. The molecule has 0 bridgehead atoms. The van der Waals surface area contributed by atoms with E-state index >= 15 is 0 Å². The van der Waals surface area contributed by atoms with Crippen LogP contribution in [0, 0.1) is 18.3 Å². The molecule has 2 aliphatic heterocycles. The van der Waals surface area contributed by atoms with E-state index in [2.05, 4.69) is 10.2 Å². The van der Waals surface area contributed by atoms with Gasteiger partial charge in [-0.2, -0.15) is 5.10 Å². The fourth-order valence-corrected chi connectivity index (χ4v) is 4.31. The molecule has 1 aliphatic carbocycles. The van der Waals surface area contributed by atoms with Crippen LogP contribution in [0.15, 0.2) is 6.07 Å². The molecule has 140 valence electrons. The number of carboxylic acid groups (broad SMARTS) is 1. The van der Waals surface area contributed by atoms with Gasteiger partial charge in [-0.15, -0.1) is 0 Å². The van der Waals surface area contributed by atoms with Gasteiger partial charge in [0.2, 0.25) is 5.91 Å². The van der Waals surface area contributed by atoms with E-state index in [0.717, 1.165) is 31.4 Å². The number of hydrogen-bond acceptors (Lipinski definition) is 4. The van der Waals surface area contributed by atoms with Gasteiger partial charge in [0.15, 0.2) is 0 Å². The molecule has 8 nitrogen and oxygen atoms in total. The lowest BCUT2D eigenvalue weighted by Gasteiger charge is -2.39. The molecule has 26 heavy (non-hydrogen) atoms. The molecular weight excluding hydrogens is 336 g/mol. The van der Waals surface area contributed by atoms with Crippen LogP contribution >= 0.6 is 0 Å². The highest BCUT2D eigenvalue weighted by molar-refractivity contribution is 5.92. The minimum absolute atomic E-state index is 0.000205. The number of aromatic amines is 1. The molecule has 3 aliphatic rings. The molecular formula is C18H24N4O4. The van der Waals surface area contributed by atoms with Crippen molar-refractivity contribution in [2.75, 3.05) is 19.6 Å². The highest BCUT2D eigenvalue weighted by atomic mass is 16.4. The zero-order valence-electron chi connectivity index (χ0n) is 14.9. The SMILES string of the molecule is Cc1cc(C(=O)N2CCC3(CC2)CC(C(=O)O)N(C(=O)C2CC2)C3)n[nH]1. The molecule has 1 aromatic heterocycles. The molecule has 1 spiro atoms. The average Bonchev–Trinajstić information content (AvgIpc) is 3.28. The predicted molar refractivity (Wildman–Crippen MR) is 91.4 cm³/mol. The molecule has 2 amide bonds. The van der Waals surface area contributed by atoms with Crippen LogP contribution in [0.5, 0.6) is 0 Å². The maximum absolute atomic E-state index is 12.5. The van der Waals surface area contributed by atoms with E-state index in [0.29, 0.717) is 31.7 Å². The van der Waals surface area contributed by atoms with Gasteiger partial charge in [0.1, 0.15) is 11.7 Å². The summed E-state index contributed by atoms with van der Waals surface area (Å²) in [5, 5.41) is 16.4. The molecule has 1 atom stereocenters. The molecule has 0 radical (unpaired) electrons. The quantitative estimate of drug-likeness (QED) is 0.837. The zero-order valence-corrected chi connectivity index (χ0v) is 14.9. The van der Waals surface area contributed by atoms with E-state index in [1.807, 2.05) is 6.92 Å². The molecule has 4 rings (SSSR count). The second kappa shape index (κ2) is 6.10. The van der Waals surface area contributed by atoms with E-state index in [4.69, 9.17) is 0 Å². The predicted octanol–water partition coefficient (Wildman–Crippen LogP) is 1.04. The maximum atomic E-state index is 12.5. The number of piperidine rings is 1. The number of H-pyrrole nitrogens is 1. The summed E-state index contributed by atoms with van der Waals surface area (Å²) in [4.78, 5) is 40.1. The Morgan fingerprint density at radius 3 is 2.50 bits per heavy atom. The molecule has 3 heterocycles. The Hall–Kier alpha value is -2.38. The summed E-state index contributed by atoms with van der Waals surface area (Å²) in [5.74, 6) is -0.986. The Morgan fingerprint density at radius 2 is 1.96 bits per heavy atom. The van der Waals surface area contributed by atoms with Crippen molar-refractivity contribution >= 4 is 17.8 Å². The first-order valence-corrected chi connectivity index (χ1v) is 9.23. The van der Waals surface area contributed by atoms with Gasteiger partial charge in [0.05, 0.1) is 0 Å². The fraction of sp³-hybridized carbons (Fsp3) is 0.667. The third-order valence-corrected chi connectivity index (χ3v) is 6.04. The number of nitrogens with zero attached hydrogens (tertiary/aromatic N) is 3. The first-order valence-electron chi connectivity index (χ1n) is 9.23. The number of hydrogen-bond donors (Lipinski definition) is 2. The number of aliphatic carboxylic acids is 1. The van der Waals surface area contributed by atoms with Crippen molar-refractivity contribution < 1.29 is 19.5 Å². The van der Waals surface area contributed by atoms with Crippen LogP contribution in [-0.4, -0.2) is 68.6 Å². The van der Waals surface area contributed by atoms with Crippen molar-refractivity contribution in [1.29, 1.82) is 0 Å². The lowest BCUT2D eigenvalue weighted by molar-refractivity contribution is -0.148. The van der Waals surface area contributed by atoms with Crippen LogP contribution in [0.3, 0.4) is 0 Å². The second-order valence-electron chi connectivity index (χ2n) is 8.03. The lowest BCUT2D eigenvalue weighted by Crippen LogP contribution is -2.45. The molecule has 1 aromatic rings. The Morgan fingerprint density at radius 1 is 1.27 bits per heavy atom. The molecule has 1 saturated carbocycles. The summed E-state index contributed by atoms with van der Waals surface area (Å²) in [7, 11) is 0. The van der Waals surface area contributed by atoms with Gasteiger partial charge in [-0.3, -0.25) is 14.7 Å². The van der Waals surface area contributed by atoms with E-state index in [1.54, 1.807) is 15.9 Å². The monoisotopic (exact) mass is 360 g/mol. The smallest absolute Gasteiger partial charge is 0.326 e. The molecule has 2 saturated heterocycles. The van der Waals surface area contributed by atoms with Gasteiger partial charge >= 0.3 is 5.97 Å². The van der Waals surface area contributed by atoms with Crippen LogP contribution in [-0.2, 0) is 9.59 Å². The summed E-state index contributed by atoms with van der Waals surface area (Å²) < 4.78 is 0. The van der Waals surface area contributed by atoms with Crippen LogP contribution in [0.1, 0.15) is 48.3 Å². The highest BCUT2D eigenvalue weighted by Crippen LogP contribution is 2.45. The number of carbonyl (C=O) groups is 3. The van der Waals surface area contributed by atoms with Crippen molar-refractivity contribution in [3.63, 3.8) is 0 Å². The first-order chi connectivity index (χ1) is 12.4. The van der Waals surface area contributed by atoms with E-state index < -0.39 is 12.0 Å². The van der Waals surface area contributed by atoms with Gasteiger partial charge in [-0.25, -0.2) is 4.79 Å². The number of aromatic nitrogens is 2.